The van der Waals surface area contributed by atoms with Gasteiger partial charge < -0.3 is 10.2 Å². The molecule has 0 radical (unpaired) electrons. The summed E-state index contributed by atoms with van der Waals surface area (Å²) in [6.07, 6.45) is 1.56. The van der Waals surface area contributed by atoms with E-state index in [-0.39, 0.29) is 37.4 Å². The molecule has 1 N–H and O–H groups in total. The van der Waals surface area contributed by atoms with Crippen LogP contribution in [0.15, 0.2) is 48.5 Å². The van der Waals surface area contributed by atoms with Crippen LogP contribution in [0.1, 0.15) is 44.7 Å². The molecular weight excluding hydrogens is 474 g/mol. The van der Waals surface area contributed by atoms with Crippen LogP contribution in [0.4, 0.5) is 5.69 Å². The second-order valence-corrected chi connectivity index (χ2v) is 11.1. The van der Waals surface area contributed by atoms with E-state index in [4.69, 9.17) is 11.6 Å². The molecule has 0 fully saturated rings. The molecule has 186 valence electrons. The molecule has 2 aromatic rings. The summed E-state index contributed by atoms with van der Waals surface area (Å²) in [5.74, 6) is -0.479. The van der Waals surface area contributed by atoms with E-state index in [1.807, 2.05) is 39.0 Å². The minimum absolute atomic E-state index is 0.0597. The normalized spacial score (nSPS) is 12.3. The molecule has 0 aliphatic rings. The zero-order chi connectivity index (χ0) is 25.5. The van der Waals surface area contributed by atoms with E-state index < -0.39 is 16.1 Å². The van der Waals surface area contributed by atoms with Crippen molar-refractivity contribution in [1.82, 2.24) is 10.2 Å². The van der Waals surface area contributed by atoms with Gasteiger partial charge in [-0.05, 0) is 63.4 Å². The highest BCUT2D eigenvalue weighted by Gasteiger charge is 2.27. The van der Waals surface area contributed by atoms with Crippen LogP contribution in [0.5, 0.6) is 0 Å². The number of benzene rings is 2. The Labute approximate surface area is 208 Å². The molecule has 0 aromatic heterocycles. The quantitative estimate of drug-likeness (QED) is 0.495. The third kappa shape index (κ3) is 8.02. The highest BCUT2D eigenvalue weighted by molar-refractivity contribution is 7.92. The molecule has 0 bridgehead atoms. The first-order chi connectivity index (χ1) is 15.9. The van der Waals surface area contributed by atoms with Gasteiger partial charge in [-0.15, -0.1) is 0 Å². The van der Waals surface area contributed by atoms with Crippen LogP contribution in [-0.2, 0) is 26.2 Å². The molecule has 1 atom stereocenters. The molecule has 0 aliphatic carbocycles. The third-order valence-corrected chi connectivity index (χ3v) is 6.79. The summed E-state index contributed by atoms with van der Waals surface area (Å²) in [5.41, 5.74) is 2.24. The maximum atomic E-state index is 13.2. The Balaban J connectivity index is 2.18. The van der Waals surface area contributed by atoms with Crippen molar-refractivity contribution in [1.29, 1.82) is 0 Å². The van der Waals surface area contributed by atoms with Crippen molar-refractivity contribution < 1.29 is 18.0 Å². The fourth-order valence-corrected chi connectivity index (χ4v) is 4.88. The Hall–Kier alpha value is -2.58. The first kappa shape index (κ1) is 27.7. The molecule has 9 heteroatoms. The van der Waals surface area contributed by atoms with E-state index in [1.165, 1.54) is 9.21 Å². The molecule has 7 nitrogen and oxygen atoms in total. The number of nitrogens with zero attached hydrogens (tertiary/aromatic N) is 2. The second-order valence-electron chi connectivity index (χ2n) is 8.72. The highest BCUT2D eigenvalue weighted by Crippen LogP contribution is 2.23. The largest absolute Gasteiger partial charge is 0.352 e. The number of carbonyl (C=O) groups excluding carboxylic acids is 2. The topological polar surface area (TPSA) is 86.8 Å². The molecule has 0 saturated heterocycles. The maximum Gasteiger partial charge on any atom is 0.242 e. The summed E-state index contributed by atoms with van der Waals surface area (Å²) in [6.45, 7) is 7.64. The van der Waals surface area contributed by atoms with Gasteiger partial charge in [0.1, 0.15) is 6.04 Å². The van der Waals surface area contributed by atoms with Gasteiger partial charge in [0.05, 0.1) is 11.9 Å². The predicted molar refractivity (Wildman–Crippen MR) is 137 cm³/mol. The van der Waals surface area contributed by atoms with E-state index >= 15 is 0 Å². The van der Waals surface area contributed by atoms with Crippen molar-refractivity contribution >= 4 is 39.1 Å². The molecule has 0 aliphatic heterocycles. The average Bonchev–Trinajstić information content (AvgIpc) is 2.74. The number of nitrogens with one attached hydrogen (secondary N) is 1. The smallest absolute Gasteiger partial charge is 0.242 e. The Morgan fingerprint density at radius 2 is 1.74 bits per heavy atom. The monoisotopic (exact) mass is 507 g/mol. The van der Waals surface area contributed by atoms with Crippen molar-refractivity contribution in [3.05, 3.63) is 64.7 Å². The average molecular weight is 508 g/mol. The molecule has 2 rings (SSSR count). The highest BCUT2D eigenvalue weighted by atomic mass is 35.5. The molecule has 0 unspecified atom stereocenters. The summed E-state index contributed by atoms with van der Waals surface area (Å²) in [6, 6.07) is 13.6. The second kappa shape index (κ2) is 12.2. The minimum atomic E-state index is -3.53. The summed E-state index contributed by atoms with van der Waals surface area (Å²) >= 11 is 6.11. The maximum absolute atomic E-state index is 13.2. The van der Waals surface area contributed by atoms with Gasteiger partial charge in [0, 0.05) is 30.6 Å². The third-order valence-electron chi connectivity index (χ3n) is 5.38. The fraction of sp³-hybridized carbons (Fsp3) is 0.440. The first-order valence-corrected chi connectivity index (χ1v) is 13.5. The van der Waals surface area contributed by atoms with E-state index in [9.17, 15) is 18.0 Å². The number of aryl methyl sites for hydroxylation is 1. The van der Waals surface area contributed by atoms with Gasteiger partial charge >= 0.3 is 0 Å². The Morgan fingerprint density at radius 3 is 2.32 bits per heavy atom. The molecule has 2 amide bonds. The lowest BCUT2D eigenvalue weighted by molar-refractivity contribution is -0.140. The number of anilines is 1. The lowest BCUT2D eigenvalue weighted by Gasteiger charge is -2.30. The number of amides is 2. The van der Waals surface area contributed by atoms with E-state index in [2.05, 4.69) is 5.32 Å². The molecule has 0 saturated carbocycles. The fourth-order valence-electron chi connectivity index (χ4n) is 3.65. The number of carbonyl (C=O) groups is 2. The minimum Gasteiger partial charge on any atom is -0.352 e. The Bertz CT molecular complexity index is 1100. The zero-order valence-corrected chi connectivity index (χ0v) is 22.0. The molecule has 34 heavy (non-hydrogen) atoms. The van der Waals surface area contributed by atoms with E-state index in [0.717, 1.165) is 17.4 Å². The van der Waals surface area contributed by atoms with Crippen molar-refractivity contribution in [2.45, 2.75) is 59.2 Å². The summed E-state index contributed by atoms with van der Waals surface area (Å²) < 4.78 is 26.2. The summed E-state index contributed by atoms with van der Waals surface area (Å²) in [7, 11) is -3.53. The van der Waals surface area contributed by atoms with Crippen LogP contribution in [0, 0.1) is 6.92 Å². The Kier molecular flexibility index (Phi) is 9.94. The number of para-hydroxylation sites is 1. The Morgan fingerprint density at radius 1 is 1.06 bits per heavy atom. The van der Waals surface area contributed by atoms with Gasteiger partial charge in [-0.3, -0.25) is 13.9 Å². The number of hydrogen-bond donors (Lipinski definition) is 1. The molecule has 2 aromatic carbocycles. The van der Waals surface area contributed by atoms with Crippen molar-refractivity contribution in [3.8, 4) is 0 Å². The van der Waals surface area contributed by atoms with Crippen LogP contribution in [0.25, 0.3) is 0 Å². The number of halogens is 1. The lowest BCUT2D eigenvalue weighted by atomic mass is 10.1. The van der Waals surface area contributed by atoms with Crippen LogP contribution in [0.2, 0.25) is 5.02 Å². The zero-order valence-electron chi connectivity index (χ0n) is 20.4. The standard InChI is InChI=1S/C25H34ClN3O4S/c1-18(2)27-25(31)20(4)28(17-21-11-8-12-22(26)16-21)24(30)14-9-15-29(34(5,32)33)23-13-7-6-10-19(23)3/h6-8,10-13,16,18,20H,9,14-15,17H2,1-5H3,(H,27,31)/t20-/m0/s1. The van der Waals surface area contributed by atoms with Gasteiger partial charge in [-0.2, -0.15) is 0 Å². The van der Waals surface area contributed by atoms with E-state index in [1.54, 1.807) is 37.3 Å². The lowest BCUT2D eigenvalue weighted by Crippen LogP contribution is -2.49. The van der Waals surface area contributed by atoms with Crippen LogP contribution < -0.4 is 9.62 Å². The number of sulfonamides is 1. The van der Waals surface area contributed by atoms with Gasteiger partial charge in [-0.25, -0.2) is 8.42 Å². The number of rotatable bonds is 11. The van der Waals surface area contributed by atoms with Crippen LogP contribution >= 0.6 is 11.6 Å². The number of hydrogen-bond acceptors (Lipinski definition) is 4. The molecule has 0 spiro atoms. The SMILES string of the molecule is Cc1ccccc1N(CCCC(=O)N(Cc1cccc(Cl)c1)[C@@H](C)C(=O)NC(C)C)S(C)(=O)=O. The van der Waals surface area contributed by atoms with Gasteiger partial charge in [0.25, 0.3) is 0 Å². The van der Waals surface area contributed by atoms with Crippen molar-refractivity contribution in [3.63, 3.8) is 0 Å². The molecular formula is C25H34ClN3O4S. The molecule has 0 heterocycles. The van der Waals surface area contributed by atoms with Gasteiger partial charge in [0.2, 0.25) is 21.8 Å². The van der Waals surface area contributed by atoms with Crippen LogP contribution in [-0.4, -0.2) is 50.0 Å². The summed E-state index contributed by atoms with van der Waals surface area (Å²) in [4.78, 5) is 27.4. The van der Waals surface area contributed by atoms with E-state index in [0.29, 0.717) is 17.1 Å². The van der Waals surface area contributed by atoms with Gasteiger partial charge in [-0.1, -0.05) is 41.9 Å². The van der Waals surface area contributed by atoms with Crippen molar-refractivity contribution in [2.75, 3.05) is 17.1 Å². The van der Waals surface area contributed by atoms with Crippen molar-refractivity contribution in [2.24, 2.45) is 0 Å². The summed E-state index contributed by atoms with van der Waals surface area (Å²) in [5, 5.41) is 3.40. The predicted octanol–water partition coefficient (Wildman–Crippen LogP) is 4.14. The van der Waals surface area contributed by atoms with Crippen LogP contribution in [0.3, 0.4) is 0 Å². The van der Waals surface area contributed by atoms with Gasteiger partial charge in [0.15, 0.2) is 0 Å². The first-order valence-electron chi connectivity index (χ1n) is 11.3.